The Bertz CT molecular complexity index is 1390. The van der Waals surface area contributed by atoms with Gasteiger partial charge in [0, 0.05) is 19.3 Å². The number of carboxylic acids is 1. The monoisotopic (exact) mass is 877 g/mol. The first-order valence-electron chi connectivity index (χ1n) is 24.5. The van der Waals surface area contributed by atoms with Crippen molar-refractivity contribution in [1.29, 1.82) is 0 Å². The molecule has 2 atom stereocenters. The Kier molecular flexibility index (Phi) is 41.8. The third-order valence-electron chi connectivity index (χ3n) is 10.3. The van der Waals surface area contributed by atoms with Crippen molar-refractivity contribution in [1.82, 2.24) is 0 Å². The number of ether oxygens (including phenoxy) is 3. The SMILES string of the molecule is CC/C=C/C=C/C=C/C=C/C=C/C=C/CCCCCC(=O)OCC(COCCC(C(=O)O)[N+](C)(C)C)OC(=O)CCCCCCCCCCC/C=C/C/C=C/C/C=C/CCCCC. The van der Waals surface area contributed by atoms with Crippen molar-refractivity contribution in [2.75, 3.05) is 41.0 Å². The fourth-order valence-electron chi connectivity index (χ4n) is 6.54. The molecule has 0 heterocycles. The van der Waals surface area contributed by atoms with Crippen molar-refractivity contribution in [2.24, 2.45) is 0 Å². The van der Waals surface area contributed by atoms with Gasteiger partial charge in [-0.1, -0.05) is 187 Å². The Labute approximate surface area is 385 Å². The summed E-state index contributed by atoms with van der Waals surface area (Å²) in [4.78, 5) is 37.1. The molecule has 356 valence electrons. The summed E-state index contributed by atoms with van der Waals surface area (Å²) in [5, 5.41) is 9.65. The zero-order valence-corrected chi connectivity index (χ0v) is 40.5. The molecule has 0 saturated carbocycles. The second kappa shape index (κ2) is 44.6. The molecule has 0 radical (unpaired) electrons. The highest BCUT2D eigenvalue weighted by molar-refractivity contribution is 5.72. The molecular weight excluding hydrogens is 787 g/mol. The molecule has 0 bridgehead atoms. The van der Waals surface area contributed by atoms with Gasteiger partial charge in [-0.3, -0.25) is 9.59 Å². The van der Waals surface area contributed by atoms with E-state index in [9.17, 15) is 19.5 Å². The summed E-state index contributed by atoms with van der Waals surface area (Å²) in [6.07, 6.45) is 61.3. The number of hydrogen-bond donors (Lipinski definition) is 1. The number of carboxylic acid groups (broad SMARTS) is 1. The number of unbranched alkanes of at least 4 members (excludes halogenated alkanes) is 15. The van der Waals surface area contributed by atoms with Gasteiger partial charge in [0.2, 0.25) is 0 Å². The smallest absolute Gasteiger partial charge is 0.362 e. The number of rotatable bonds is 42. The first kappa shape index (κ1) is 59.0. The van der Waals surface area contributed by atoms with Gasteiger partial charge in [-0.25, -0.2) is 4.79 Å². The largest absolute Gasteiger partial charge is 0.477 e. The van der Waals surface area contributed by atoms with Gasteiger partial charge >= 0.3 is 17.9 Å². The molecule has 0 rings (SSSR count). The summed E-state index contributed by atoms with van der Waals surface area (Å²) in [6, 6.07) is -0.630. The number of carbonyl (C=O) groups is 3. The minimum absolute atomic E-state index is 0.0368. The number of likely N-dealkylation sites (N-methyl/N-ethyl adjacent to an activating group) is 1. The Balaban J connectivity index is 4.38. The van der Waals surface area contributed by atoms with Crippen LogP contribution in [0.2, 0.25) is 0 Å². The number of carbonyl (C=O) groups excluding carboxylic acids is 2. The molecule has 63 heavy (non-hydrogen) atoms. The zero-order valence-electron chi connectivity index (χ0n) is 40.5. The second-order valence-corrected chi connectivity index (χ2v) is 17.1. The van der Waals surface area contributed by atoms with E-state index >= 15 is 0 Å². The van der Waals surface area contributed by atoms with Gasteiger partial charge in [0.1, 0.15) is 6.61 Å². The zero-order chi connectivity index (χ0) is 46.3. The van der Waals surface area contributed by atoms with E-state index < -0.39 is 18.1 Å². The highest BCUT2D eigenvalue weighted by Crippen LogP contribution is 2.14. The molecule has 0 fully saturated rings. The van der Waals surface area contributed by atoms with Crippen LogP contribution in [0.3, 0.4) is 0 Å². The van der Waals surface area contributed by atoms with Gasteiger partial charge in [-0.05, 0) is 70.6 Å². The minimum atomic E-state index is -0.887. The van der Waals surface area contributed by atoms with E-state index in [4.69, 9.17) is 14.2 Å². The van der Waals surface area contributed by atoms with Crippen LogP contribution in [0.4, 0.5) is 0 Å². The van der Waals surface area contributed by atoms with Gasteiger partial charge in [0.25, 0.3) is 0 Å². The Hall–Kier alpha value is -4.01. The van der Waals surface area contributed by atoms with Gasteiger partial charge in [0.15, 0.2) is 12.1 Å². The molecule has 0 aliphatic rings. The number of aliphatic carboxylic acids is 1. The molecule has 0 amide bonds. The first-order valence-corrected chi connectivity index (χ1v) is 24.5. The van der Waals surface area contributed by atoms with Crippen molar-refractivity contribution < 1.29 is 38.2 Å². The highest BCUT2D eigenvalue weighted by atomic mass is 16.6. The molecule has 2 unspecified atom stereocenters. The lowest BCUT2D eigenvalue weighted by Gasteiger charge is -2.31. The van der Waals surface area contributed by atoms with Crippen molar-refractivity contribution in [2.45, 2.75) is 180 Å². The minimum Gasteiger partial charge on any atom is -0.477 e. The summed E-state index contributed by atoms with van der Waals surface area (Å²) >= 11 is 0. The maximum atomic E-state index is 12.8. The van der Waals surface area contributed by atoms with Crippen LogP contribution < -0.4 is 0 Å². The second-order valence-electron chi connectivity index (χ2n) is 17.1. The maximum Gasteiger partial charge on any atom is 0.362 e. The third-order valence-corrected chi connectivity index (χ3v) is 10.3. The lowest BCUT2D eigenvalue weighted by atomic mass is 10.1. The number of quaternary nitrogens is 1. The van der Waals surface area contributed by atoms with Crippen LogP contribution in [0.1, 0.15) is 168 Å². The van der Waals surface area contributed by atoms with E-state index in [0.29, 0.717) is 19.3 Å². The summed E-state index contributed by atoms with van der Waals surface area (Å²) in [5.74, 6) is -1.54. The fourth-order valence-corrected chi connectivity index (χ4v) is 6.54. The number of hydrogen-bond acceptors (Lipinski definition) is 6. The molecule has 8 nitrogen and oxygen atoms in total. The van der Waals surface area contributed by atoms with Crippen molar-refractivity contribution >= 4 is 17.9 Å². The maximum absolute atomic E-state index is 12.8. The van der Waals surface area contributed by atoms with Gasteiger partial charge in [0.05, 0.1) is 34.4 Å². The van der Waals surface area contributed by atoms with E-state index in [1.54, 1.807) is 0 Å². The Morgan fingerprint density at radius 1 is 0.508 bits per heavy atom. The highest BCUT2D eigenvalue weighted by Gasteiger charge is 2.31. The standard InChI is InChI=1S/C55H89NO7/c1-6-8-10-12-14-16-18-20-22-24-25-26-27-28-30-32-34-36-38-40-42-44-46-54(58)63-51(49-61-48-47-52(55(59)60)56(3,4)5)50-62-53(57)45-43-41-39-37-35-33-31-29-23-21-19-17-15-13-11-9-7-2/h9,11,13-17,19-23,25-26,29,31,33,35,51-52H,6-8,10,12,18,24,27-28,30,32,34,36-50H2,1-5H3/p+1/b11-9+,15-13+,16-14+,19-17+,22-20+,23-21+,26-25+,31-29+,35-33+. The van der Waals surface area contributed by atoms with Crippen molar-refractivity contribution in [3.63, 3.8) is 0 Å². The predicted molar refractivity (Wildman–Crippen MR) is 266 cm³/mol. The van der Waals surface area contributed by atoms with Crippen LogP contribution in [0.25, 0.3) is 0 Å². The normalized spacial score (nSPS) is 13.9. The van der Waals surface area contributed by atoms with Gasteiger partial charge < -0.3 is 23.8 Å². The molecule has 0 aliphatic carbocycles. The van der Waals surface area contributed by atoms with Crippen LogP contribution in [0.5, 0.6) is 0 Å². The number of nitrogens with zero attached hydrogens (tertiary/aromatic N) is 1. The molecule has 0 aromatic carbocycles. The Morgan fingerprint density at radius 2 is 0.952 bits per heavy atom. The fraction of sp³-hybridized carbons (Fsp3) is 0.618. The Morgan fingerprint density at radius 3 is 1.48 bits per heavy atom. The van der Waals surface area contributed by atoms with Gasteiger partial charge in [-0.15, -0.1) is 0 Å². The molecule has 1 N–H and O–H groups in total. The molecular formula is C55H90NO7+. The summed E-state index contributed by atoms with van der Waals surface area (Å²) in [7, 11) is 5.50. The molecule has 0 aromatic rings. The van der Waals surface area contributed by atoms with Crippen LogP contribution in [-0.2, 0) is 28.6 Å². The lowest BCUT2D eigenvalue weighted by Crippen LogP contribution is -2.50. The van der Waals surface area contributed by atoms with E-state index in [1.165, 1.54) is 64.2 Å². The topological polar surface area (TPSA) is 99.1 Å². The molecule has 8 heteroatoms. The van der Waals surface area contributed by atoms with Crippen molar-refractivity contribution in [3.8, 4) is 0 Å². The van der Waals surface area contributed by atoms with Gasteiger partial charge in [-0.2, -0.15) is 0 Å². The lowest BCUT2D eigenvalue weighted by molar-refractivity contribution is -0.887. The van der Waals surface area contributed by atoms with Crippen LogP contribution in [0.15, 0.2) is 109 Å². The van der Waals surface area contributed by atoms with Crippen molar-refractivity contribution in [3.05, 3.63) is 109 Å². The molecule has 0 spiro atoms. The predicted octanol–water partition coefficient (Wildman–Crippen LogP) is 14.0. The third kappa shape index (κ3) is 43.0. The van der Waals surface area contributed by atoms with Crippen LogP contribution in [0, 0.1) is 0 Å². The van der Waals surface area contributed by atoms with Crippen LogP contribution in [-0.4, -0.2) is 80.6 Å². The number of esters is 2. The van der Waals surface area contributed by atoms with E-state index in [2.05, 4.69) is 62.5 Å². The summed E-state index contributed by atoms with van der Waals surface area (Å²) < 4.78 is 17.3. The average Bonchev–Trinajstić information content (AvgIpc) is 3.24. The molecule has 0 saturated heterocycles. The first-order chi connectivity index (χ1) is 30.6. The summed E-state index contributed by atoms with van der Waals surface area (Å²) in [5.41, 5.74) is 0. The van der Waals surface area contributed by atoms with E-state index in [-0.39, 0.29) is 36.2 Å². The average molecular weight is 877 g/mol. The summed E-state index contributed by atoms with van der Waals surface area (Å²) in [6.45, 7) is 4.50. The quantitative estimate of drug-likeness (QED) is 0.0214. The van der Waals surface area contributed by atoms with Crippen LogP contribution >= 0.6 is 0 Å². The van der Waals surface area contributed by atoms with E-state index in [1.807, 2.05) is 81.9 Å². The number of allylic oxidation sites excluding steroid dienone is 18. The molecule has 0 aliphatic heterocycles. The van der Waals surface area contributed by atoms with E-state index in [0.717, 1.165) is 70.6 Å². The molecule has 0 aromatic heterocycles.